The Bertz CT molecular complexity index is 109. The van der Waals surface area contributed by atoms with Gasteiger partial charge in [0.1, 0.15) is 0 Å². The van der Waals surface area contributed by atoms with Crippen molar-refractivity contribution in [2.75, 3.05) is 33.0 Å². The summed E-state index contributed by atoms with van der Waals surface area (Å²) in [5.74, 6) is 0. The van der Waals surface area contributed by atoms with Gasteiger partial charge >= 0.3 is 0 Å². The highest BCUT2D eigenvalue weighted by Gasteiger charge is 1.98. The summed E-state index contributed by atoms with van der Waals surface area (Å²) in [7, 11) is 0. The molecule has 3 nitrogen and oxygen atoms in total. The molecule has 0 fully saturated rings. The van der Waals surface area contributed by atoms with Gasteiger partial charge in [0.15, 0.2) is 0 Å². The van der Waals surface area contributed by atoms with Crippen molar-refractivity contribution in [3.8, 4) is 0 Å². The Labute approximate surface area is 88.2 Å². The summed E-state index contributed by atoms with van der Waals surface area (Å²) in [6.45, 7) is 10.6. The highest BCUT2D eigenvalue weighted by molar-refractivity contribution is 4.57. The third-order valence-electron chi connectivity index (χ3n) is 1.97. The lowest BCUT2D eigenvalue weighted by Gasteiger charge is -2.12. The van der Waals surface area contributed by atoms with E-state index >= 15 is 0 Å². The van der Waals surface area contributed by atoms with Gasteiger partial charge in [0.2, 0.25) is 0 Å². The first-order valence-corrected chi connectivity index (χ1v) is 5.70. The number of rotatable bonds is 10. The fraction of sp³-hybridized carbons (Fsp3) is 1.00. The minimum atomic E-state index is 0.552. The zero-order valence-electron chi connectivity index (χ0n) is 9.84. The Balaban J connectivity index is 2.98. The topological polar surface area (TPSA) is 30.5 Å². The summed E-state index contributed by atoms with van der Waals surface area (Å²) in [4.78, 5) is 0. The molecule has 0 aliphatic rings. The first-order chi connectivity index (χ1) is 6.81. The monoisotopic (exact) mass is 203 g/mol. The van der Waals surface area contributed by atoms with Crippen LogP contribution in [0.3, 0.4) is 0 Å². The third kappa shape index (κ3) is 9.96. The van der Waals surface area contributed by atoms with Crippen LogP contribution in [-0.2, 0) is 9.47 Å². The van der Waals surface area contributed by atoms with Gasteiger partial charge in [-0.1, -0.05) is 13.8 Å². The molecule has 1 unspecified atom stereocenters. The summed E-state index contributed by atoms with van der Waals surface area (Å²) in [5, 5.41) is 3.35. The fourth-order valence-corrected chi connectivity index (χ4v) is 1.18. The smallest absolute Gasteiger partial charge is 0.0700 e. The van der Waals surface area contributed by atoms with Crippen LogP contribution < -0.4 is 5.32 Å². The Kier molecular flexibility index (Phi) is 10.9. The van der Waals surface area contributed by atoms with Gasteiger partial charge < -0.3 is 14.8 Å². The van der Waals surface area contributed by atoms with Gasteiger partial charge in [-0.25, -0.2) is 0 Å². The van der Waals surface area contributed by atoms with E-state index in [0.717, 1.165) is 45.8 Å². The molecular formula is C11H25NO2. The van der Waals surface area contributed by atoms with Crippen molar-refractivity contribution in [1.82, 2.24) is 5.32 Å². The average molecular weight is 203 g/mol. The van der Waals surface area contributed by atoms with Crippen LogP contribution in [0.4, 0.5) is 0 Å². The van der Waals surface area contributed by atoms with E-state index in [9.17, 15) is 0 Å². The van der Waals surface area contributed by atoms with E-state index in [2.05, 4.69) is 26.1 Å². The molecule has 0 bridgehead atoms. The van der Waals surface area contributed by atoms with Crippen LogP contribution in [0, 0.1) is 0 Å². The quantitative estimate of drug-likeness (QED) is 0.549. The van der Waals surface area contributed by atoms with Crippen molar-refractivity contribution in [2.24, 2.45) is 0 Å². The summed E-state index contributed by atoms with van der Waals surface area (Å²) < 4.78 is 10.7. The first kappa shape index (κ1) is 13.9. The lowest BCUT2D eigenvalue weighted by Crippen LogP contribution is -2.27. The molecule has 3 heteroatoms. The maximum atomic E-state index is 5.43. The standard InChI is InChI=1S/C11H25NO2/c1-4-7-13-9-10-14-8-6-11(3)12-5-2/h11-12H,4-10H2,1-3H3. The van der Waals surface area contributed by atoms with Crippen molar-refractivity contribution in [3.63, 3.8) is 0 Å². The van der Waals surface area contributed by atoms with Crippen LogP contribution >= 0.6 is 0 Å². The Morgan fingerprint density at radius 3 is 2.21 bits per heavy atom. The molecule has 0 aliphatic heterocycles. The molecule has 0 spiro atoms. The number of nitrogens with one attached hydrogen (secondary N) is 1. The molecule has 1 atom stereocenters. The molecule has 1 N–H and O–H groups in total. The Morgan fingerprint density at radius 2 is 1.64 bits per heavy atom. The second-order valence-corrected chi connectivity index (χ2v) is 3.47. The molecular weight excluding hydrogens is 178 g/mol. The molecule has 0 heterocycles. The zero-order valence-corrected chi connectivity index (χ0v) is 9.84. The normalized spacial score (nSPS) is 13.1. The summed E-state index contributed by atoms with van der Waals surface area (Å²) in [6, 6.07) is 0.552. The van der Waals surface area contributed by atoms with E-state index in [4.69, 9.17) is 9.47 Å². The Morgan fingerprint density at radius 1 is 1.00 bits per heavy atom. The van der Waals surface area contributed by atoms with Crippen molar-refractivity contribution >= 4 is 0 Å². The van der Waals surface area contributed by atoms with Crippen LogP contribution in [-0.4, -0.2) is 39.0 Å². The van der Waals surface area contributed by atoms with E-state index in [0.29, 0.717) is 6.04 Å². The van der Waals surface area contributed by atoms with Crippen molar-refractivity contribution in [3.05, 3.63) is 0 Å². The van der Waals surface area contributed by atoms with E-state index in [1.165, 1.54) is 0 Å². The van der Waals surface area contributed by atoms with Gasteiger partial charge in [-0.15, -0.1) is 0 Å². The van der Waals surface area contributed by atoms with Crippen LogP contribution in [0.25, 0.3) is 0 Å². The van der Waals surface area contributed by atoms with Crippen LogP contribution in [0.15, 0.2) is 0 Å². The van der Waals surface area contributed by atoms with E-state index in [-0.39, 0.29) is 0 Å². The van der Waals surface area contributed by atoms with Crippen molar-refractivity contribution in [1.29, 1.82) is 0 Å². The van der Waals surface area contributed by atoms with Gasteiger partial charge in [-0.3, -0.25) is 0 Å². The molecule has 0 amide bonds. The lowest BCUT2D eigenvalue weighted by molar-refractivity contribution is 0.0451. The van der Waals surface area contributed by atoms with Gasteiger partial charge in [-0.2, -0.15) is 0 Å². The minimum Gasteiger partial charge on any atom is -0.379 e. The fourth-order valence-electron chi connectivity index (χ4n) is 1.18. The van der Waals surface area contributed by atoms with Crippen LogP contribution in [0.1, 0.15) is 33.6 Å². The van der Waals surface area contributed by atoms with Crippen LogP contribution in [0.2, 0.25) is 0 Å². The number of hydrogen-bond acceptors (Lipinski definition) is 3. The summed E-state index contributed by atoms with van der Waals surface area (Å²) in [6.07, 6.45) is 2.15. The average Bonchev–Trinajstić information content (AvgIpc) is 2.17. The zero-order chi connectivity index (χ0) is 10.6. The van der Waals surface area contributed by atoms with Crippen molar-refractivity contribution < 1.29 is 9.47 Å². The molecule has 0 aromatic carbocycles. The van der Waals surface area contributed by atoms with Gasteiger partial charge in [0, 0.05) is 19.3 Å². The molecule has 0 rings (SSSR count). The van der Waals surface area contributed by atoms with Gasteiger partial charge in [0.05, 0.1) is 13.2 Å². The predicted molar refractivity (Wildman–Crippen MR) is 59.7 cm³/mol. The highest BCUT2D eigenvalue weighted by Crippen LogP contribution is 1.91. The molecule has 0 aromatic heterocycles. The largest absolute Gasteiger partial charge is 0.379 e. The second kappa shape index (κ2) is 11.0. The van der Waals surface area contributed by atoms with E-state index in [1.807, 2.05) is 0 Å². The lowest BCUT2D eigenvalue weighted by atomic mass is 10.2. The molecule has 0 saturated carbocycles. The SMILES string of the molecule is CCCOCCOCCC(C)NCC. The molecule has 0 saturated heterocycles. The molecule has 0 radical (unpaired) electrons. The van der Waals surface area contributed by atoms with E-state index in [1.54, 1.807) is 0 Å². The molecule has 86 valence electrons. The first-order valence-electron chi connectivity index (χ1n) is 5.70. The highest BCUT2D eigenvalue weighted by atomic mass is 16.5. The van der Waals surface area contributed by atoms with Gasteiger partial charge in [-0.05, 0) is 26.3 Å². The van der Waals surface area contributed by atoms with Gasteiger partial charge in [0.25, 0.3) is 0 Å². The maximum Gasteiger partial charge on any atom is 0.0700 e. The second-order valence-electron chi connectivity index (χ2n) is 3.47. The third-order valence-corrected chi connectivity index (χ3v) is 1.97. The molecule has 14 heavy (non-hydrogen) atoms. The molecule has 0 aliphatic carbocycles. The van der Waals surface area contributed by atoms with Crippen molar-refractivity contribution in [2.45, 2.75) is 39.7 Å². The predicted octanol–water partition coefficient (Wildman–Crippen LogP) is 1.82. The maximum absolute atomic E-state index is 5.43. The van der Waals surface area contributed by atoms with Crippen LogP contribution in [0.5, 0.6) is 0 Å². The minimum absolute atomic E-state index is 0.552. The number of ether oxygens (including phenoxy) is 2. The Hall–Kier alpha value is -0.120. The number of hydrogen-bond donors (Lipinski definition) is 1. The summed E-state index contributed by atoms with van der Waals surface area (Å²) >= 11 is 0. The summed E-state index contributed by atoms with van der Waals surface area (Å²) in [5.41, 5.74) is 0. The molecule has 0 aromatic rings. The van der Waals surface area contributed by atoms with E-state index < -0.39 is 0 Å².